The predicted octanol–water partition coefficient (Wildman–Crippen LogP) is 1.16. The highest BCUT2D eigenvalue weighted by Crippen LogP contribution is 2.63. The van der Waals surface area contributed by atoms with Crippen LogP contribution in [-0.2, 0) is 0 Å². The molecule has 3 rings (SSSR count). The molecule has 0 aliphatic heterocycles. The summed E-state index contributed by atoms with van der Waals surface area (Å²) in [6, 6.07) is 0. The van der Waals surface area contributed by atoms with Crippen molar-refractivity contribution in [2.45, 2.75) is 45.3 Å². The van der Waals surface area contributed by atoms with Gasteiger partial charge in [0.25, 0.3) is 0 Å². The van der Waals surface area contributed by atoms with Crippen LogP contribution >= 0.6 is 0 Å². The van der Waals surface area contributed by atoms with Gasteiger partial charge in [-0.1, -0.05) is 20.8 Å². The maximum absolute atomic E-state index is 10.1. The number of fused-ring (bicyclic) bond motifs is 2. The van der Waals surface area contributed by atoms with Crippen LogP contribution in [0.5, 0.6) is 0 Å². The zero-order chi connectivity index (χ0) is 9.15. The van der Waals surface area contributed by atoms with Gasteiger partial charge in [-0.2, -0.15) is 0 Å². The lowest BCUT2D eigenvalue weighted by molar-refractivity contribution is -0.269. The average molecular weight is 170 g/mol. The largest absolute Gasteiger partial charge is 0.393 e. The molecule has 0 amide bonds. The molecule has 0 radical (unpaired) electrons. The summed E-state index contributed by atoms with van der Waals surface area (Å²) in [6.07, 6.45) is 1.16. The molecule has 3 saturated carbocycles. The van der Waals surface area contributed by atoms with E-state index in [1.165, 1.54) is 0 Å². The molecule has 3 fully saturated rings. The molecule has 2 N–H and O–H groups in total. The lowest BCUT2D eigenvalue weighted by atomic mass is 9.42. The number of hydrogen-bond donors (Lipinski definition) is 2. The van der Waals surface area contributed by atoms with E-state index in [0.29, 0.717) is 18.3 Å². The summed E-state index contributed by atoms with van der Waals surface area (Å²) < 4.78 is 0. The Morgan fingerprint density at radius 2 is 1.83 bits per heavy atom. The minimum atomic E-state index is -0.580. The molecule has 70 valence electrons. The number of hydrogen-bond acceptors (Lipinski definition) is 2. The van der Waals surface area contributed by atoms with Crippen LogP contribution in [0.25, 0.3) is 0 Å². The average Bonchev–Trinajstić information content (AvgIpc) is 1.96. The van der Waals surface area contributed by atoms with Crippen molar-refractivity contribution in [2.24, 2.45) is 17.3 Å². The molecule has 0 heterocycles. The predicted molar refractivity (Wildman–Crippen MR) is 46.6 cm³/mol. The first-order valence-electron chi connectivity index (χ1n) is 4.79. The molecular formula is C10H18O2. The lowest BCUT2D eigenvalue weighted by Gasteiger charge is -2.66. The van der Waals surface area contributed by atoms with Crippen molar-refractivity contribution in [3.05, 3.63) is 0 Å². The number of aliphatic hydroxyl groups is 2. The minimum absolute atomic E-state index is 0.0195. The SMILES string of the molecule is CC1C(O)CC2(O)CC1C2(C)C. The molecule has 3 aliphatic rings. The summed E-state index contributed by atoms with van der Waals surface area (Å²) in [5.41, 5.74) is -0.560. The van der Waals surface area contributed by atoms with E-state index in [0.717, 1.165) is 6.42 Å². The van der Waals surface area contributed by atoms with E-state index in [-0.39, 0.29) is 11.5 Å². The van der Waals surface area contributed by atoms with Gasteiger partial charge in [0.05, 0.1) is 11.7 Å². The van der Waals surface area contributed by atoms with E-state index in [1.54, 1.807) is 0 Å². The van der Waals surface area contributed by atoms with Crippen LogP contribution in [-0.4, -0.2) is 21.9 Å². The van der Waals surface area contributed by atoms with E-state index in [2.05, 4.69) is 20.8 Å². The van der Waals surface area contributed by atoms with Crippen LogP contribution in [0.15, 0.2) is 0 Å². The summed E-state index contributed by atoms with van der Waals surface area (Å²) >= 11 is 0. The van der Waals surface area contributed by atoms with Gasteiger partial charge in [-0.25, -0.2) is 0 Å². The van der Waals surface area contributed by atoms with Crippen LogP contribution in [0.2, 0.25) is 0 Å². The van der Waals surface area contributed by atoms with Crippen LogP contribution < -0.4 is 0 Å². The van der Waals surface area contributed by atoms with Crippen molar-refractivity contribution in [3.8, 4) is 0 Å². The van der Waals surface area contributed by atoms with Crippen LogP contribution in [0.1, 0.15) is 33.6 Å². The van der Waals surface area contributed by atoms with E-state index < -0.39 is 5.60 Å². The second kappa shape index (κ2) is 2.05. The Balaban J connectivity index is 2.26. The lowest BCUT2D eigenvalue weighted by Crippen LogP contribution is -2.69. The van der Waals surface area contributed by atoms with Gasteiger partial charge < -0.3 is 10.2 Å². The monoisotopic (exact) mass is 170 g/mol. The van der Waals surface area contributed by atoms with E-state index >= 15 is 0 Å². The van der Waals surface area contributed by atoms with Gasteiger partial charge in [0.15, 0.2) is 0 Å². The second-order valence-electron chi connectivity index (χ2n) is 5.19. The second-order valence-corrected chi connectivity index (χ2v) is 5.19. The van der Waals surface area contributed by atoms with Crippen molar-refractivity contribution in [1.82, 2.24) is 0 Å². The van der Waals surface area contributed by atoms with Gasteiger partial charge in [0, 0.05) is 6.42 Å². The van der Waals surface area contributed by atoms with E-state index in [4.69, 9.17) is 0 Å². The Bertz CT molecular complexity index is 209. The number of rotatable bonds is 0. The van der Waals surface area contributed by atoms with E-state index in [1.807, 2.05) is 0 Å². The molecule has 0 aromatic heterocycles. The zero-order valence-corrected chi connectivity index (χ0v) is 8.04. The Hall–Kier alpha value is -0.0800. The fourth-order valence-electron chi connectivity index (χ4n) is 3.09. The van der Waals surface area contributed by atoms with Crippen molar-refractivity contribution in [3.63, 3.8) is 0 Å². The summed E-state index contributed by atoms with van der Waals surface area (Å²) in [5.74, 6) is 0.861. The minimum Gasteiger partial charge on any atom is -0.393 e. The van der Waals surface area contributed by atoms with Gasteiger partial charge in [-0.3, -0.25) is 0 Å². The maximum atomic E-state index is 10.1. The molecule has 2 heteroatoms. The molecule has 12 heavy (non-hydrogen) atoms. The van der Waals surface area contributed by atoms with Gasteiger partial charge >= 0.3 is 0 Å². The Morgan fingerprint density at radius 3 is 2.25 bits per heavy atom. The maximum Gasteiger partial charge on any atom is 0.0728 e. The summed E-state index contributed by atoms with van der Waals surface area (Å²) in [6.45, 7) is 6.32. The molecule has 2 bridgehead atoms. The summed E-state index contributed by atoms with van der Waals surface area (Å²) in [7, 11) is 0. The first-order valence-corrected chi connectivity index (χ1v) is 4.79. The quantitative estimate of drug-likeness (QED) is 0.573. The summed E-state index contributed by atoms with van der Waals surface area (Å²) in [5, 5.41) is 19.7. The standard InChI is InChI=1S/C10H18O2/c1-6-7-4-10(12,5-8(6)11)9(7,2)3/h6-8,11-12H,4-5H2,1-3H3. The molecule has 4 atom stereocenters. The third-order valence-electron chi connectivity index (χ3n) is 4.47. The third-order valence-corrected chi connectivity index (χ3v) is 4.47. The highest BCUT2D eigenvalue weighted by atomic mass is 16.3. The number of aliphatic hydroxyl groups excluding tert-OH is 1. The van der Waals surface area contributed by atoms with Gasteiger partial charge in [0.1, 0.15) is 0 Å². The van der Waals surface area contributed by atoms with Crippen LogP contribution in [0.4, 0.5) is 0 Å². The molecule has 0 aromatic carbocycles. The molecule has 0 saturated heterocycles. The van der Waals surface area contributed by atoms with Crippen molar-refractivity contribution < 1.29 is 10.2 Å². The molecular weight excluding hydrogens is 152 g/mol. The normalized spacial score (nSPS) is 56.2. The fourth-order valence-corrected chi connectivity index (χ4v) is 3.09. The van der Waals surface area contributed by atoms with E-state index in [9.17, 15) is 10.2 Å². The van der Waals surface area contributed by atoms with Gasteiger partial charge in [-0.15, -0.1) is 0 Å². The molecule has 4 unspecified atom stereocenters. The third kappa shape index (κ3) is 0.728. The van der Waals surface area contributed by atoms with Crippen molar-refractivity contribution >= 4 is 0 Å². The first-order chi connectivity index (χ1) is 5.38. The Morgan fingerprint density at radius 1 is 1.25 bits per heavy atom. The Kier molecular flexibility index (Phi) is 1.45. The van der Waals surface area contributed by atoms with Crippen LogP contribution in [0, 0.1) is 17.3 Å². The molecule has 0 spiro atoms. The van der Waals surface area contributed by atoms with Gasteiger partial charge in [-0.05, 0) is 23.7 Å². The smallest absolute Gasteiger partial charge is 0.0728 e. The molecule has 0 aromatic rings. The Labute approximate surface area is 73.6 Å². The highest BCUT2D eigenvalue weighted by Gasteiger charge is 2.65. The fraction of sp³-hybridized carbons (Fsp3) is 1.00. The van der Waals surface area contributed by atoms with Gasteiger partial charge in [0.2, 0.25) is 0 Å². The van der Waals surface area contributed by atoms with Crippen molar-refractivity contribution in [2.75, 3.05) is 0 Å². The van der Waals surface area contributed by atoms with Crippen molar-refractivity contribution in [1.29, 1.82) is 0 Å². The van der Waals surface area contributed by atoms with Crippen LogP contribution in [0.3, 0.4) is 0 Å². The zero-order valence-electron chi connectivity index (χ0n) is 8.04. The topological polar surface area (TPSA) is 40.5 Å². The first kappa shape index (κ1) is 8.52. The highest BCUT2D eigenvalue weighted by molar-refractivity contribution is 5.15. The summed E-state index contributed by atoms with van der Waals surface area (Å²) in [4.78, 5) is 0. The molecule has 3 aliphatic carbocycles. The molecule has 2 nitrogen and oxygen atoms in total.